The molecule has 3 rings (SSSR count). The smallest absolute Gasteiger partial charge is 0.321 e. The highest BCUT2D eigenvalue weighted by atomic mass is 19.1. The van der Waals surface area contributed by atoms with E-state index in [1.54, 1.807) is 17.0 Å². The van der Waals surface area contributed by atoms with Crippen LogP contribution in [-0.2, 0) is 4.79 Å². The van der Waals surface area contributed by atoms with Crippen molar-refractivity contribution >= 4 is 17.6 Å². The van der Waals surface area contributed by atoms with E-state index >= 15 is 0 Å². The van der Waals surface area contributed by atoms with Gasteiger partial charge in [-0.25, -0.2) is 9.18 Å². The van der Waals surface area contributed by atoms with Crippen LogP contribution in [0.3, 0.4) is 0 Å². The number of halogens is 1. The lowest BCUT2D eigenvalue weighted by molar-refractivity contribution is -0.133. The molecule has 7 heteroatoms. The fourth-order valence-electron chi connectivity index (χ4n) is 4.05. The molecular formula is C21H31FN4O2. The molecule has 0 aliphatic carbocycles. The molecule has 154 valence electrons. The predicted molar refractivity (Wildman–Crippen MR) is 108 cm³/mol. The second-order valence-corrected chi connectivity index (χ2v) is 7.75. The van der Waals surface area contributed by atoms with Gasteiger partial charge in [0.1, 0.15) is 5.82 Å². The molecule has 28 heavy (non-hydrogen) atoms. The lowest BCUT2D eigenvalue weighted by atomic mass is 9.93. The van der Waals surface area contributed by atoms with E-state index in [9.17, 15) is 14.0 Å². The van der Waals surface area contributed by atoms with Gasteiger partial charge in [0.25, 0.3) is 0 Å². The van der Waals surface area contributed by atoms with Crippen LogP contribution in [0, 0.1) is 11.7 Å². The Balaban J connectivity index is 1.43. The molecular weight excluding hydrogens is 359 g/mol. The average Bonchev–Trinajstić information content (AvgIpc) is 2.72. The van der Waals surface area contributed by atoms with Gasteiger partial charge in [-0.2, -0.15) is 0 Å². The van der Waals surface area contributed by atoms with Gasteiger partial charge in [-0.1, -0.05) is 13.0 Å². The average molecular weight is 391 g/mol. The molecule has 0 saturated carbocycles. The highest BCUT2D eigenvalue weighted by Crippen LogP contribution is 2.22. The van der Waals surface area contributed by atoms with Crippen molar-refractivity contribution in [1.29, 1.82) is 0 Å². The van der Waals surface area contributed by atoms with Crippen molar-refractivity contribution in [3.63, 3.8) is 0 Å². The van der Waals surface area contributed by atoms with Crippen LogP contribution in [-0.4, -0.2) is 72.5 Å². The third kappa shape index (κ3) is 5.67. The lowest BCUT2D eigenvalue weighted by Gasteiger charge is -2.35. The van der Waals surface area contributed by atoms with Gasteiger partial charge in [-0.15, -0.1) is 0 Å². The molecule has 1 aromatic carbocycles. The Morgan fingerprint density at radius 1 is 1.14 bits per heavy atom. The van der Waals surface area contributed by atoms with Crippen molar-refractivity contribution in [2.75, 3.05) is 51.1 Å². The number of carbonyl (C=O) groups excluding carboxylic acids is 2. The Labute approximate surface area is 166 Å². The van der Waals surface area contributed by atoms with Gasteiger partial charge in [-0.3, -0.25) is 4.79 Å². The van der Waals surface area contributed by atoms with Crippen LogP contribution >= 0.6 is 0 Å². The Morgan fingerprint density at radius 3 is 2.64 bits per heavy atom. The van der Waals surface area contributed by atoms with E-state index < -0.39 is 0 Å². The Morgan fingerprint density at radius 2 is 1.93 bits per heavy atom. The molecule has 3 amide bonds. The van der Waals surface area contributed by atoms with Crippen molar-refractivity contribution in [3.05, 3.63) is 30.1 Å². The SMILES string of the molecule is CCN1CCN(C(=O)CC[C@H]2CCCN(C(=O)Nc3cccc(F)c3)C2)CC1. The molecule has 0 aromatic heterocycles. The summed E-state index contributed by atoms with van der Waals surface area (Å²) in [5, 5.41) is 2.77. The molecule has 1 N–H and O–H groups in total. The summed E-state index contributed by atoms with van der Waals surface area (Å²) in [7, 11) is 0. The van der Waals surface area contributed by atoms with E-state index in [4.69, 9.17) is 0 Å². The quantitative estimate of drug-likeness (QED) is 0.841. The molecule has 0 unspecified atom stereocenters. The first-order valence-electron chi connectivity index (χ1n) is 10.4. The Hall–Kier alpha value is -2.15. The van der Waals surface area contributed by atoms with Crippen LogP contribution in [0.4, 0.5) is 14.9 Å². The van der Waals surface area contributed by atoms with Crippen LogP contribution in [0.1, 0.15) is 32.6 Å². The molecule has 2 fully saturated rings. The number of hydrogen-bond acceptors (Lipinski definition) is 3. The van der Waals surface area contributed by atoms with Gasteiger partial charge in [-0.05, 0) is 49.9 Å². The minimum Gasteiger partial charge on any atom is -0.340 e. The Kier molecular flexibility index (Phi) is 7.25. The molecule has 2 saturated heterocycles. The summed E-state index contributed by atoms with van der Waals surface area (Å²) in [6.07, 6.45) is 3.35. The molecule has 1 atom stereocenters. The zero-order valence-corrected chi connectivity index (χ0v) is 16.7. The van der Waals surface area contributed by atoms with Crippen molar-refractivity contribution < 1.29 is 14.0 Å². The topological polar surface area (TPSA) is 55.9 Å². The van der Waals surface area contributed by atoms with E-state index in [1.165, 1.54) is 12.1 Å². The van der Waals surface area contributed by atoms with Crippen LogP contribution in [0.5, 0.6) is 0 Å². The summed E-state index contributed by atoms with van der Waals surface area (Å²) in [5.41, 5.74) is 0.466. The molecule has 0 spiro atoms. The first-order chi connectivity index (χ1) is 13.5. The van der Waals surface area contributed by atoms with E-state index in [0.717, 1.165) is 52.0 Å². The van der Waals surface area contributed by atoms with Crippen LogP contribution in [0.2, 0.25) is 0 Å². The molecule has 2 heterocycles. The number of rotatable bonds is 5. The number of piperidine rings is 1. The second-order valence-electron chi connectivity index (χ2n) is 7.75. The van der Waals surface area contributed by atoms with Crippen molar-refractivity contribution in [2.45, 2.75) is 32.6 Å². The molecule has 2 aliphatic rings. The summed E-state index contributed by atoms with van der Waals surface area (Å²) in [5.74, 6) is 0.206. The van der Waals surface area contributed by atoms with E-state index in [-0.39, 0.29) is 17.8 Å². The minimum atomic E-state index is -0.368. The van der Waals surface area contributed by atoms with E-state index in [0.29, 0.717) is 31.1 Å². The van der Waals surface area contributed by atoms with E-state index in [1.807, 2.05) is 4.90 Å². The number of anilines is 1. The summed E-state index contributed by atoms with van der Waals surface area (Å²) < 4.78 is 13.3. The number of carbonyl (C=O) groups is 2. The van der Waals surface area contributed by atoms with Crippen molar-refractivity contribution in [2.24, 2.45) is 5.92 Å². The highest BCUT2D eigenvalue weighted by molar-refractivity contribution is 5.89. The number of likely N-dealkylation sites (tertiary alicyclic amines) is 1. The molecule has 2 aliphatic heterocycles. The number of likely N-dealkylation sites (N-methyl/N-ethyl adjacent to an activating group) is 1. The van der Waals surface area contributed by atoms with Gasteiger partial charge in [0.2, 0.25) is 5.91 Å². The number of nitrogens with one attached hydrogen (secondary N) is 1. The Bertz CT molecular complexity index is 676. The maximum Gasteiger partial charge on any atom is 0.321 e. The second kappa shape index (κ2) is 9.87. The number of amides is 3. The third-order valence-electron chi connectivity index (χ3n) is 5.82. The lowest BCUT2D eigenvalue weighted by Crippen LogP contribution is -2.48. The summed E-state index contributed by atoms with van der Waals surface area (Å²) in [6, 6.07) is 5.73. The molecule has 0 bridgehead atoms. The molecule has 0 radical (unpaired) electrons. The highest BCUT2D eigenvalue weighted by Gasteiger charge is 2.26. The number of benzene rings is 1. The zero-order chi connectivity index (χ0) is 19.9. The largest absolute Gasteiger partial charge is 0.340 e. The van der Waals surface area contributed by atoms with Crippen LogP contribution in [0.15, 0.2) is 24.3 Å². The number of nitrogens with zero attached hydrogens (tertiary/aromatic N) is 3. The van der Waals surface area contributed by atoms with E-state index in [2.05, 4.69) is 17.1 Å². The third-order valence-corrected chi connectivity index (χ3v) is 5.82. The summed E-state index contributed by atoms with van der Waals surface area (Å²) in [4.78, 5) is 31.1. The number of urea groups is 1. The normalized spacial score (nSPS) is 20.9. The fraction of sp³-hybridized carbons (Fsp3) is 0.619. The fourth-order valence-corrected chi connectivity index (χ4v) is 4.05. The van der Waals surface area contributed by atoms with Gasteiger partial charge >= 0.3 is 6.03 Å². The summed E-state index contributed by atoms with van der Waals surface area (Å²) in [6.45, 7) is 8.09. The van der Waals surface area contributed by atoms with Gasteiger partial charge in [0.05, 0.1) is 0 Å². The first-order valence-corrected chi connectivity index (χ1v) is 10.4. The van der Waals surface area contributed by atoms with Gasteiger partial charge < -0.3 is 20.0 Å². The van der Waals surface area contributed by atoms with Gasteiger partial charge in [0, 0.05) is 51.4 Å². The van der Waals surface area contributed by atoms with Crippen LogP contribution < -0.4 is 5.32 Å². The van der Waals surface area contributed by atoms with Crippen LogP contribution in [0.25, 0.3) is 0 Å². The van der Waals surface area contributed by atoms with Gasteiger partial charge in [0.15, 0.2) is 0 Å². The monoisotopic (exact) mass is 390 g/mol. The maximum atomic E-state index is 13.3. The number of hydrogen-bond donors (Lipinski definition) is 1. The minimum absolute atomic E-state index is 0.197. The van der Waals surface area contributed by atoms with Crippen molar-refractivity contribution in [3.8, 4) is 0 Å². The zero-order valence-electron chi connectivity index (χ0n) is 16.7. The van der Waals surface area contributed by atoms with Crippen molar-refractivity contribution in [1.82, 2.24) is 14.7 Å². The maximum absolute atomic E-state index is 13.3. The molecule has 6 nitrogen and oxygen atoms in total. The predicted octanol–water partition coefficient (Wildman–Crippen LogP) is 3.01. The first kappa shape index (κ1) is 20.6. The number of piperazine rings is 1. The molecule has 1 aromatic rings. The summed E-state index contributed by atoms with van der Waals surface area (Å²) >= 11 is 0. The standard InChI is InChI=1S/C21H31FN4O2/c1-2-24-11-13-25(14-12-24)20(27)9-8-17-5-4-10-26(16-17)21(28)23-19-7-3-6-18(22)15-19/h3,6-7,15,17H,2,4-5,8-14,16H2,1H3,(H,23,28)/t17-/m1/s1.